The maximum Gasteiger partial charge on any atom is 0.126 e. The average Bonchev–Trinajstić information content (AvgIpc) is 2.38. The number of nitrogen functional groups attached to an aromatic ring is 1. The van der Waals surface area contributed by atoms with Gasteiger partial charge in [0.1, 0.15) is 6.10 Å². The Labute approximate surface area is 102 Å². The van der Waals surface area contributed by atoms with Gasteiger partial charge in [-0.05, 0) is 18.6 Å². The van der Waals surface area contributed by atoms with Crippen LogP contribution in [0.3, 0.4) is 0 Å². The summed E-state index contributed by atoms with van der Waals surface area (Å²) in [5, 5.41) is 0. The molecule has 2 nitrogen and oxygen atoms in total. The lowest BCUT2D eigenvalue weighted by Crippen LogP contribution is -2.04. The summed E-state index contributed by atoms with van der Waals surface area (Å²) in [5.41, 5.74) is 8.75. The fourth-order valence-electron chi connectivity index (χ4n) is 1.66. The number of nitrogens with two attached hydrogens (primary N) is 1. The number of hydrogen-bond acceptors (Lipinski definition) is 2. The molecule has 0 bridgehead atoms. The SMILES string of the molecule is C[C](OCc1ccccc1)c1ccccc1N. The van der Waals surface area contributed by atoms with Crippen molar-refractivity contribution in [3.05, 3.63) is 71.8 Å². The van der Waals surface area contributed by atoms with Gasteiger partial charge in [-0.3, -0.25) is 0 Å². The Bertz CT molecular complexity index is 467. The second-order valence-electron chi connectivity index (χ2n) is 3.92. The topological polar surface area (TPSA) is 35.2 Å². The first-order chi connectivity index (χ1) is 8.27. The maximum atomic E-state index is 5.89. The molecule has 0 aromatic heterocycles. The summed E-state index contributed by atoms with van der Waals surface area (Å²) in [5.74, 6) is 0. The molecule has 0 unspecified atom stereocenters. The Morgan fingerprint density at radius 3 is 2.35 bits per heavy atom. The lowest BCUT2D eigenvalue weighted by Gasteiger charge is -2.14. The van der Waals surface area contributed by atoms with Crippen LogP contribution in [0.4, 0.5) is 5.69 Å². The lowest BCUT2D eigenvalue weighted by molar-refractivity contribution is 0.153. The molecule has 0 fully saturated rings. The van der Waals surface area contributed by atoms with E-state index >= 15 is 0 Å². The highest BCUT2D eigenvalue weighted by atomic mass is 16.5. The van der Waals surface area contributed by atoms with E-state index in [2.05, 4.69) is 0 Å². The van der Waals surface area contributed by atoms with Crippen molar-refractivity contribution in [3.63, 3.8) is 0 Å². The molecule has 2 aromatic rings. The number of para-hydroxylation sites is 1. The van der Waals surface area contributed by atoms with Gasteiger partial charge < -0.3 is 10.5 Å². The molecular weight excluding hydrogens is 210 g/mol. The van der Waals surface area contributed by atoms with Gasteiger partial charge in [-0.2, -0.15) is 0 Å². The van der Waals surface area contributed by atoms with E-state index in [0.717, 1.165) is 22.9 Å². The van der Waals surface area contributed by atoms with Crippen molar-refractivity contribution in [1.82, 2.24) is 0 Å². The molecule has 2 N–H and O–H groups in total. The van der Waals surface area contributed by atoms with Crippen molar-refractivity contribution in [3.8, 4) is 0 Å². The van der Waals surface area contributed by atoms with Crippen LogP contribution in [0.1, 0.15) is 18.1 Å². The zero-order chi connectivity index (χ0) is 12.1. The molecular formula is C15H16NO. The number of hydrogen-bond donors (Lipinski definition) is 1. The van der Waals surface area contributed by atoms with Crippen molar-refractivity contribution in [2.75, 3.05) is 5.73 Å². The fourth-order valence-corrected chi connectivity index (χ4v) is 1.66. The average molecular weight is 226 g/mol. The molecule has 2 rings (SSSR count). The van der Waals surface area contributed by atoms with Gasteiger partial charge in [0.2, 0.25) is 0 Å². The second-order valence-corrected chi connectivity index (χ2v) is 3.92. The minimum absolute atomic E-state index is 0.570. The Kier molecular flexibility index (Phi) is 3.78. The van der Waals surface area contributed by atoms with Crippen LogP contribution >= 0.6 is 0 Å². The van der Waals surface area contributed by atoms with Gasteiger partial charge in [0, 0.05) is 11.3 Å². The minimum atomic E-state index is 0.570. The quantitative estimate of drug-likeness (QED) is 0.811. The zero-order valence-electron chi connectivity index (χ0n) is 9.89. The number of rotatable bonds is 4. The molecule has 2 aromatic carbocycles. The monoisotopic (exact) mass is 226 g/mol. The van der Waals surface area contributed by atoms with Gasteiger partial charge in [0.25, 0.3) is 0 Å². The highest BCUT2D eigenvalue weighted by Gasteiger charge is 2.09. The first-order valence-corrected chi connectivity index (χ1v) is 5.62. The second kappa shape index (κ2) is 5.51. The van der Waals surface area contributed by atoms with Crippen LogP contribution in [0.15, 0.2) is 54.6 Å². The number of anilines is 1. The van der Waals surface area contributed by atoms with Crippen molar-refractivity contribution in [2.45, 2.75) is 13.5 Å². The summed E-state index contributed by atoms with van der Waals surface area (Å²) >= 11 is 0. The summed E-state index contributed by atoms with van der Waals surface area (Å²) in [6.45, 7) is 2.51. The molecule has 2 heteroatoms. The third kappa shape index (κ3) is 3.08. The Morgan fingerprint density at radius 1 is 1.00 bits per heavy atom. The van der Waals surface area contributed by atoms with Crippen LogP contribution < -0.4 is 5.73 Å². The van der Waals surface area contributed by atoms with E-state index in [-0.39, 0.29) is 0 Å². The zero-order valence-corrected chi connectivity index (χ0v) is 9.89. The van der Waals surface area contributed by atoms with E-state index < -0.39 is 0 Å². The van der Waals surface area contributed by atoms with Crippen LogP contribution in [0.5, 0.6) is 0 Å². The molecule has 0 aliphatic carbocycles. The highest BCUT2D eigenvalue weighted by molar-refractivity contribution is 5.51. The summed E-state index contributed by atoms with van der Waals surface area (Å²) in [4.78, 5) is 0. The van der Waals surface area contributed by atoms with E-state index in [9.17, 15) is 0 Å². The van der Waals surface area contributed by atoms with Crippen molar-refractivity contribution in [2.24, 2.45) is 0 Å². The van der Waals surface area contributed by atoms with Crippen molar-refractivity contribution in [1.29, 1.82) is 0 Å². The predicted molar refractivity (Wildman–Crippen MR) is 70.1 cm³/mol. The van der Waals surface area contributed by atoms with E-state index in [1.165, 1.54) is 0 Å². The van der Waals surface area contributed by atoms with E-state index in [4.69, 9.17) is 10.5 Å². The summed E-state index contributed by atoms with van der Waals surface area (Å²) in [6, 6.07) is 17.8. The van der Waals surface area contributed by atoms with Gasteiger partial charge in [-0.15, -0.1) is 0 Å². The first-order valence-electron chi connectivity index (χ1n) is 5.62. The number of ether oxygens (including phenoxy) is 1. The molecule has 0 spiro atoms. The lowest BCUT2D eigenvalue weighted by atomic mass is 10.1. The summed E-state index contributed by atoms with van der Waals surface area (Å²) < 4.78 is 5.73. The standard InChI is InChI=1S/C15H16NO/c1-12(14-9-5-6-10-15(14)16)17-11-13-7-3-2-4-8-13/h2-10H,11,16H2,1H3. The molecule has 0 atom stereocenters. The predicted octanol–water partition coefficient (Wildman–Crippen LogP) is 3.39. The molecule has 0 saturated carbocycles. The Morgan fingerprint density at radius 2 is 1.65 bits per heavy atom. The van der Waals surface area contributed by atoms with Gasteiger partial charge in [0.15, 0.2) is 0 Å². The van der Waals surface area contributed by atoms with Gasteiger partial charge in [0.05, 0.1) is 6.61 Å². The molecule has 0 aliphatic rings. The molecule has 87 valence electrons. The van der Waals surface area contributed by atoms with Crippen molar-refractivity contribution < 1.29 is 4.74 Å². The minimum Gasteiger partial charge on any atom is -0.398 e. The molecule has 0 heterocycles. The summed E-state index contributed by atoms with van der Waals surface area (Å²) in [7, 11) is 0. The van der Waals surface area contributed by atoms with E-state index in [1.807, 2.05) is 61.5 Å². The fraction of sp³-hybridized carbons (Fsp3) is 0.133. The summed E-state index contributed by atoms with van der Waals surface area (Å²) in [6.07, 6.45) is 0.854. The third-order valence-corrected chi connectivity index (χ3v) is 2.64. The molecule has 17 heavy (non-hydrogen) atoms. The van der Waals surface area contributed by atoms with Crippen LogP contribution in [0.25, 0.3) is 0 Å². The maximum absolute atomic E-state index is 5.89. The van der Waals surface area contributed by atoms with Gasteiger partial charge in [-0.25, -0.2) is 0 Å². The molecule has 0 aliphatic heterocycles. The molecule has 1 radical (unpaired) electrons. The normalized spacial score (nSPS) is 10.7. The van der Waals surface area contributed by atoms with E-state index in [1.54, 1.807) is 0 Å². The third-order valence-electron chi connectivity index (χ3n) is 2.64. The smallest absolute Gasteiger partial charge is 0.126 e. The molecule has 0 amide bonds. The van der Waals surface area contributed by atoms with Crippen LogP contribution in [-0.4, -0.2) is 0 Å². The van der Waals surface area contributed by atoms with Gasteiger partial charge >= 0.3 is 0 Å². The molecule has 0 saturated heterocycles. The Hall–Kier alpha value is -1.80. The van der Waals surface area contributed by atoms with E-state index in [0.29, 0.717) is 6.61 Å². The Balaban J connectivity index is 1.99. The van der Waals surface area contributed by atoms with Crippen LogP contribution in [0, 0.1) is 6.10 Å². The van der Waals surface area contributed by atoms with Crippen LogP contribution in [0.2, 0.25) is 0 Å². The van der Waals surface area contributed by atoms with Gasteiger partial charge in [-0.1, -0.05) is 48.5 Å². The largest absolute Gasteiger partial charge is 0.398 e. The highest BCUT2D eigenvalue weighted by Crippen LogP contribution is 2.22. The number of benzene rings is 2. The van der Waals surface area contributed by atoms with Crippen molar-refractivity contribution >= 4 is 5.69 Å². The first kappa shape index (κ1) is 11.7. The van der Waals surface area contributed by atoms with Crippen LogP contribution in [-0.2, 0) is 11.3 Å².